The molecule has 2 fully saturated rings. The lowest BCUT2D eigenvalue weighted by Crippen LogP contribution is -2.33. The van der Waals surface area contributed by atoms with Crippen molar-refractivity contribution >= 4 is 40.0 Å². The number of thioether (sulfide) groups is 1. The van der Waals surface area contributed by atoms with Crippen LogP contribution in [0.15, 0.2) is 61.2 Å². The molecular formula is C33H38N6O8S. The van der Waals surface area contributed by atoms with Gasteiger partial charge in [-0.25, -0.2) is 15.0 Å². The SMILES string of the molecule is CCOC(=O)CNC(=O)SC[C@H]1O[C@@H](n2cnc3c(NCc4ccc(OCc5ccc(OC)cc5)cc4)ncnc32)C2OC(C)(C)O[C@H]21. The summed E-state index contributed by atoms with van der Waals surface area (Å²) >= 11 is 1.01. The van der Waals surface area contributed by atoms with E-state index in [0.717, 1.165) is 34.4 Å². The number of esters is 1. The Morgan fingerprint density at radius 1 is 0.979 bits per heavy atom. The zero-order valence-electron chi connectivity index (χ0n) is 27.1. The monoisotopic (exact) mass is 678 g/mol. The number of aromatic nitrogens is 4. The number of methoxy groups -OCH3 is 1. The molecule has 15 heteroatoms. The van der Waals surface area contributed by atoms with Gasteiger partial charge in [0.25, 0.3) is 5.24 Å². The first-order chi connectivity index (χ1) is 23.2. The topological polar surface area (TPSA) is 157 Å². The summed E-state index contributed by atoms with van der Waals surface area (Å²) in [4.78, 5) is 37.6. The average molecular weight is 679 g/mol. The van der Waals surface area contributed by atoms with E-state index in [1.165, 1.54) is 6.33 Å². The molecule has 2 N–H and O–H groups in total. The molecule has 1 unspecified atom stereocenters. The Labute approximate surface area is 281 Å². The van der Waals surface area contributed by atoms with Crippen LogP contribution in [-0.4, -0.2) is 80.8 Å². The van der Waals surface area contributed by atoms with E-state index in [4.69, 9.17) is 28.4 Å². The lowest BCUT2D eigenvalue weighted by molar-refractivity contribution is -0.193. The highest BCUT2D eigenvalue weighted by atomic mass is 32.2. The third-order valence-electron chi connectivity index (χ3n) is 7.77. The van der Waals surface area contributed by atoms with Crippen LogP contribution in [-0.2, 0) is 36.9 Å². The number of benzene rings is 2. The normalized spacial score (nSPS) is 21.1. The molecule has 0 bridgehead atoms. The molecule has 2 aromatic carbocycles. The number of imidazole rings is 1. The highest BCUT2D eigenvalue weighted by molar-refractivity contribution is 8.13. The van der Waals surface area contributed by atoms with Crippen molar-refractivity contribution in [2.45, 2.75) is 64.2 Å². The van der Waals surface area contributed by atoms with E-state index in [1.807, 2.05) is 66.9 Å². The molecule has 2 aliphatic rings. The lowest BCUT2D eigenvalue weighted by Gasteiger charge is -2.24. The summed E-state index contributed by atoms with van der Waals surface area (Å²) < 4.78 is 36.7. The Bertz CT molecular complexity index is 1720. The van der Waals surface area contributed by atoms with Crippen LogP contribution >= 0.6 is 11.8 Å². The van der Waals surface area contributed by atoms with Crippen LogP contribution in [0.3, 0.4) is 0 Å². The Kier molecular flexibility index (Phi) is 10.3. The van der Waals surface area contributed by atoms with Crippen molar-refractivity contribution in [2.75, 3.05) is 31.3 Å². The summed E-state index contributed by atoms with van der Waals surface area (Å²) in [7, 11) is 1.64. The summed E-state index contributed by atoms with van der Waals surface area (Å²) in [6.07, 6.45) is 1.14. The number of hydrogen-bond acceptors (Lipinski definition) is 13. The smallest absolute Gasteiger partial charge is 0.325 e. The van der Waals surface area contributed by atoms with Crippen molar-refractivity contribution < 1.29 is 38.0 Å². The number of hydrogen-bond donors (Lipinski definition) is 2. The fourth-order valence-electron chi connectivity index (χ4n) is 5.53. The van der Waals surface area contributed by atoms with Crippen molar-refractivity contribution in [2.24, 2.45) is 0 Å². The second kappa shape index (κ2) is 14.8. The van der Waals surface area contributed by atoms with E-state index >= 15 is 0 Å². The predicted molar refractivity (Wildman–Crippen MR) is 177 cm³/mol. The number of amides is 1. The van der Waals surface area contributed by atoms with Gasteiger partial charge in [0.05, 0.1) is 26.1 Å². The van der Waals surface area contributed by atoms with Crippen LogP contribution in [0.5, 0.6) is 11.5 Å². The molecule has 0 spiro atoms. The van der Waals surface area contributed by atoms with Gasteiger partial charge in [-0.05, 0) is 56.2 Å². The number of carbonyl (C=O) groups excluding carboxylic acids is 2. The number of fused-ring (bicyclic) bond motifs is 2. The van der Waals surface area contributed by atoms with Crippen LogP contribution in [0.2, 0.25) is 0 Å². The number of ether oxygens (including phenoxy) is 6. The maximum atomic E-state index is 12.4. The zero-order valence-corrected chi connectivity index (χ0v) is 27.9. The molecule has 4 aromatic rings. The predicted octanol–water partition coefficient (Wildman–Crippen LogP) is 4.45. The van der Waals surface area contributed by atoms with Gasteiger partial charge in [0.1, 0.15) is 43.2 Å². The minimum Gasteiger partial charge on any atom is -0.497 e. The molecule has 48 heavy (non-hydrogen) atoms. The molecule has 0 saturated carbocycles. The van der Waals surface area contributed by atoms with Crippen molar-refractivity contribution in [1.82, 2.24) is 24.8 Å². The minimum atomic E-state index is -0.846. The van der Waals surface area contributed by atoms with Crippen LogP contribution in [0.1, 0.15) is 38.1 Å². The molecule has 4 atom stereocenters. The first-order valence-electron chi connectivity index (χ1n) is 15.6. The highest BCUT2D eigenvalue weighted by Gasteiger charge is 2.56. The third kappa shape index (κ3) is 7.81. The fraction of sp³-hybridized carbons (Fsp3) is 0.424. The molecule has 6 rings (SSSR count). The summed E-state index contributed by atoms with van der Waals surface area (Å²) in [6.45, 7) is 6.40. The Hall–Kier alpha value is -4.44. The minimum absolute atomic E-state index is 0.200. The van der Waals surface area contributed by atoms with Gasteiger partial charge in [-0.1, -0.05) is 36.0 Å². The zero-order chi connectivity index (χ0) is 33.7. The molecule has 0 aliphatic carbocycles. The molecule has 2 aliphatic heterocycles. The summed E-state index contributed by atoms with van der Waals surface area (Å²) in [6, 6.07) is 15.6. The van der Waals surface area contributed by atoms with E-state index in [0.29, 0.717) is 30.1 Å². The van der Waals surface area contributed by atoms with Crippen LogP contribution < -0.4 is 20.1 Å². The molecular weight excluding hydrogens is 640 g/mol. The maximum Gasteiger partial charge on any atom is 0.325 e. The number of nitrogens with one attached hydrogen (secondary N) is 2. The molecule has 14 nitrogen and oxygen atoms in total. The average Bonchev–Trinajstić information content (AvgIpc) is 3.76. The molecule has 2 aromatic heterocycles. The van der Waals surface area contributed by atoms with Crippen molar-refractivity contribution in [3.8, 4) is 11.5 Å². The van der Waals surface area contributed by atoms with Gasteiger partial charge in [0, 0.05) is 12.3 Å². The number of carbonyl (C=O) groups is 2. The number of anilines is 1. The largest absolute Gasteiger partial charge is 0.497 e. The molecule has 1 amide bonds. The molecule has 4 heterocycles. The van der Waals surface area contributed by atoms with Gasteiger partial charge in [-0.3, -0.25) is 14.2 Å². The number of rotatable bonds is 13. The van der Waals surface area contributed by atoms with Crippen molar-refractivity contribution in [3.05, 3.63) is 72.3 Å². The van der Waals surface area contributed by atoms with E-state index < -0.39 is 36.3 Å². The molecule has 0 radical (unpaired) electrons. The first-order valence-corrected chi connectivity index (χ1v) is 16.5. The van der Waals surface area contributed by atoms with E-state index in [-0.39, 0.29) is 24.1 Å². The van der Waals surface area contributed by atoms with E-state index in [2.05, 4.69) is 25.6 Å². The van der Waals surface area contributed by atoms with Crippen molar-refractivity contribution in [3.63, 3.8) is 0 Å². The fourth-order valence-corrected chi connectivity index (χ4v) is 6.29. The Morgan fingerprint density at radius 3 is 2.46 bits per heavy atom. The van der Waals surface area contributed by atoms with E-state index in [9.17, 15) is 9.59 Å². The number of nitrogens with zero attached hydrogens (tertiary/aromatic N) is 4. The quantitative estimate of drug-likeness (QED) is 0.191. The standard InChI is InChI=1S/C33H38N6O8S/c1-5-43-25(40)15-35-32(41)48-17-24-27-28(47-33(2,3)46-27)31(45-24)39-19-38-26-29(36-18-37-30(26)39)34-14-20-6-12-23(13-7-20)44-16-21-8-10-22(42-4)11-9-21/h6-13,18-19,24,27-28,31H,5,14-17H2,1-4H3,(H,35,41)(H,34,36,37)/t24-,27+,28?,31-/m1/s1. The second-order valence-corrected chi connectivity index (χ2v) is 12.6. The van der Waals surface area contributed by atoms with Crippen LogP contribution in [0.4, 0.5) is 10.6 Å². The van der Waals surface area contributed by atoms with Crippen LogP contribution in [0.25, 0.3) is 11.2 Å². The van der Waals surface area contributed by atoms with Gasteiger partial charge >= 0.3 is 5.97 Å². The Balaban J connectivity index is 1.08. The molecule has 254 valence electrons. The second-order valence-electron chi connectivity index (χ2n) is 11.6. The van der Waals surface area contributed by atoms with E-state index in [1.54, 1.807) is 20.4 Å². The highest BCUT2D eigenvalue weighted by Crippen LogP contribution is 2.44. The Morgan fingerprint density at radius 2 is 1.71 bits per heavy atom. The molecule has 2 saturated heterocycles. The van der Waals surface area contributed by atoms with Crippen LogP contribution in [0, 0.1) is 0 Å². The summed E-state index contributed by atoms with van der Waals surface area (Å²) in [5.41, 5.74) is 3.22. The third-order valence-corrected chi connectivity index (χ3v) is 8.67. The summed E-state index contributed by atoms with van der Waals surface area (Å²) in [5.74, 6) is 1.09. The summed E-state index contributed by atoms with van der Waals surface area (Å²) in [5, 5.41) is 5.55. The lowest BCUT2D eigenvalue weighted by atomic mass is 10.1. The van der Waals surface area contributed by atoms with Gasteiger partial charge in [-0.2, -0.15) is 0 Å². The van der Waals surface area contributed by atoms with Gasteiger partial charge in [0.2, 0.25) is 0 Å². The van der Waals surface area contributed by atoms with Crippen molar-refractivity contribution in [1.29, 1.82) is 0 Å². The van der Waals surface area contributed by atoms with Gasteiger partial charge < -0.3 is 39.1 Å². The van der Waals surface area contributed by atoms with Gasteiger partial charge in [0.15, 0.2) is 29.0 Å². The maximum absolute atomic E-state index is 12.4. The van der Waals surface area contributed by atoms with Gasteiger partial charge in [-0.15, -0.1) is 0 Å². The first kappa shape index (κ1) is 33.5.